The Kier molecular flexibility index (Phi) is 6.47. The van der Waals surface area contributed by atoms with E-state index in [9.17, 15) is 14.7 Å². The van der Waals surface area contributed by atoms with Crippen molar-refractivity contribution in [1.82, 2.24) is 4.90 Å². The zero-order valence-corrected chi connectivity index (χ0v) is 13.5. The predicted octanol–water partition coefficient (Wildman–Crippen LogP) is 2.51. The first kappa shape index (κ1) is 18.7. The second-order valence-corrected chi connectivity index (χ2v) is 5.96. The van der Waals surface area contributed by atoms with E-state index in [1.165, 1.54) is 18.9 Å². The molecule has 0 fully saturated rings. The van der Waals surface area contributed by atoms with Crippen LogP contribution in [0, 0.1) is 0 Å². The van der Waals surface area contributed by atoms with Crippen molar-refractivity contribution in [3.63, 3.8) is 0 Å². The van der Waals surface area contributed by atoms with Gasteiger partial charge in [-0.25, -0.2) is 9.59 Å². The van der Waals surface area contributed by atoms with Crippen molar-refractivity contribution in [2.45, 2.75) is 65.2 Å². The number of hydrogen-bond donors (Lipinski definition) is 1. The van der Waals surface area contributed by atoms with Gasteiger partial charge in [0, 0.05) is 13.7 Å². The number of carboxylic acid groups (broad SMARTS) is 1. The van der Waals surface area contributed by atoms with E-state index in [0.717, 1.165) is 0 Å². The normalized spacial score (nSPS) is 16.1. The lowest BCUT2D eigenvalue weighted by Gasteiger charge is -2.41. The number of nitrogens with zero attached hydrogens (tertiary/aromatic N) is 1. The summed E-state index contributed by atoms with van der Waals surface area (Å²) in [7, 11) is 1.42. The minimum Gasteiger partial charge on any atom is -0.479 e. The highest BCUT2D eigenvalue weighted by molar-refractivity contribution is 5.84. The molecule has 0 heterocycles. The molecule has 1 amide bonds. The van der Waals surface area contributed by atoms with Crippen LogP contribution in [0.5, 0.6) is 0 Å². The number of aliphatic carboxylic acids is 1. The van der Waals surface area contributed by atoms with Crippen molar-refractivity contribution in [2.24, 2.45) is 0 Å². The van der Waals surface area contributed by atoms with Crippen molar-refractivity contribution in [1.29, 1.82) is 0 Å². The van der Waals surface area contributed by atoms with E-state index < -0.39 is 29.3 Å². The molecular formula is C14H27NO5. The molecule has 6 heteroatoms. The Balaban J connectivity index is 5.50. The minimum absolute atomic E-state index is 0.283. The highest BCUT2D eigenvalue weighted by Crippen LogP contribution is 2.25. The molecule has 0 saturated heterocycles. The van der Waals surface area contributed by atoms with Gasteiger partial charge in [0.2, 0.25) is 0 Å². The Labute approximate surface area is 121 Å². The number of carboxylic acids is 1. The molecule has 0 saturated carbocycles. The maximum absolute atomic E-state index is 12.3. The van der Waals surface area contributed by atoms with Crippen LogP contribution >= 0.6 is 0 Å². The van der Waals surface area contributed by atoms with Crippen LogP contribution in [0.4, 0.5) is 4.79 Å². The molecule has 0 aliphatic rings. The van der Waals surface area contributed by atoms with Gasteiger partial charge in [-0.05, 0) is 41.0 Å². The summed E-state index contributed by atoms with van der Waals surface area (Å²) < 4.78 is 10.5. The van der Waals surface area contributed by atoms with Gasteiger partial charge in [0.05, 0.1) is 6.10 Å². The monoisotopic (exact) mass is 289 g/mol. The molecular weight excluding hydrogens is 262 g/mol. The first-order valence-corrected chi connectivity index (χ1v) is 6.77. The van der Waals surface area contributed by atoms with Crippen molar-refractivity contribution in [2.75, 3.05) is 13.7 Å². The predicted molar refractivity (Wildman–Crippen MR) is 75.7 cm³/mol. The molecule has 20 heavy (non-hydrogen) atoms. The minimum atomic E-state index is -1.48. The second kappa shape index (κ2) is 6.92. The summed E-state index contributed by atoms with van der Waals surface area (Å²) in [5, 5.41) is 9.55. The molecule has 2 unspecified atom stereocenters. The SMILES string of the molecule is CCCN(C(=O)OC(C)(C)C)C(C)(C(=O)O)C(C)OC. The average molecular weight is 289 g/mol. The fourth-order valence-electron chi connectivity index (χ4n) is 1.79. The summed E-state index contributed by atoms with van der Waals surface area (Å²) in [6.07, 6.45) is -0.689. The van der Waals surface area contributed by atoms with Gasteiger partial charge in [-0.15, -0.1) is 0 Å². The van der Waals surface area contributed by atoms with Crippen LogP contribution in [-0.2, 0) is 14.3 Å². The van der Waals surface area contributed by atoms with E-state index in [4.69, 9.17) is 9.47 Å². The number of methoxy groups -OCH3 is 1. The van der Waals surface area contributed by atoms with Crippen molar-refractivity contribution >= 4 is 12.1 Å². The van der Waals surface area contributed by atoms with Crippen LogP contribution in [-0.4, -0.2) is 53.0 Å². The molecule has 118 valence electrons. The number of ether oxygens (including phenoxy) is 2. The molecule has 0 rings (SSSR count). The highest BCUT2D eigenvalue weighted by Gasteiger charge is 2.48. The molecule has 0 aromatic heterocycles. The number of carbonyl (C=O) groups excluding carboxylic acids is 1. The number of hydrogen-bond acceptors (Lipinski definition) is 4. The lowest BCUT2D eigenvalue weighted by Crippen LogP contribution is -2.62. The number of amides is 1. The molecule has 0 radical (unpaired) electrons. The van der Waals surface area contributed by atoms with E-state index in [1.54, 1.807) is 27.7 Å². The molecule has 0 aromatic rings. The molecule has 1 N–H and O–H groups in total. The average Bonchev–Trinajstić information content (AvgIpc) is 2.31. The summed E-state index contributed by atoms with van der Waals surface area (Å²) in [5.74, 6) is -1.12. The smallest absolute Gasteiger partial charge is 0.411 e. The third-order valence-electron chi connectivity index (χ3n) is 3.20. The van der Waals surface area contributed by atoms with Gasteiger partial charge in [0.25, 0.3) is 0 Å². The van der Waals surface area contributed by atoms with Gasteiger partial charge >= 0.3 is 12.1 Å². The fourth-order valence-corrected chi connectivity index (χ4v) is 1.79. The van der Waals surface area contributed by atoms with E-state index in [1.807, 2.05) is 6.92 Å². The molecule has 0 aliphatic heterocycles. The lowest BCUT2D eigenvalue weighted by molar-refractivity contribution is -0.159. The Morgan fingerprint density at radius 2 is 1.75 bits per heavy atom. The molecule has 0 aliphatic carbocycles. The molecule has 2 atom stereocenters. The first-order chi connectivity index (χ1) is 9.00. The summed E-state index contributed by atoms with van der Waals surface area (Å²) in [5.41, 5.74) is -2.16. The molecule has 0 spiro atoms. The third-order valence-corrected chi connectivity index (χ3v) is 3.20. The Hall–Kier alpha value is -1.30. The van der Waals surface area contributed by atoms with Gasteiger partial charge < -0.3 is 14.6 Å². The van der Waals surface area contributed by atoms with E-state index in [-0.39, 0.29) is 6.54 Å². The van der Waals surface area contributed by atoms with Crippen molar-refractivity contribution in [3.05, 3.63) is 0 Å². The van der Waals surface area contributed by atoms with Crippen LogP contribution < -0.4 is 0 Å². The zero-order valence-electron chi connectivity index (χ0n) is 13.5. The van der Waals surface area contributed by atoms with Gasteiger partial charge in [-0.1, -0.05) is 6.92 Å². The van der Waals surface area contributed by atoms with Gasteiger partial charge in [-0.2, -0.15) is 0 Å². The van der Waals surface area contributed by atoms with Crippen LogP contribution in [0.1, 0.15) is 48.0 Å². The lowest BCUT2D eigenvalue weighted by atomic mass is 9.93. The van der Waals surface area contributed by atoms with Gasteiger partial charge in [0.1, 0.15) is 5.60 Å². The second-order valence-electron chi connectivity index (χ2n) is 5.96. The summed E-state index contributed by atoms with van der Waals surface area (Å²) >= 11 is 0. The topological polar surface area (TPSA) is 76.1 Å². The van der Waals surface area contributed by atoms with Gasteiger partial charge in [0.15, 0.2) is 5.54 Å². The Bertz CT molecular complexity index is 350. The first-order valence-electron chi connectivity index (χ1n) is 6.77. The van der Waals surface area contributed by atoms with Crippen LogP contribution in [0.15, 0.2) is 0 Å². The fraction of sp³-hybridized carbons (Fsp3) is 0.857. The maximum atomic E-state index is 12.3. The largest absolute Gasteiger partial charge is 0.479 e. The Morgan fingerprint density at radius 3 is 2.05 bits per heavy atom. The molecule has 0 bridgehead atoms. The summed E-state index contributed by atoms with van der Waals surface area (Å²) in [4.78, 5) is 25.2. The van der Waals surface area contributed by atoms with Crippen LogP contribution in [0.25, 0.3) is 0 Å². The van der Waals surface area contributed by atoms with Crippen molar-refractivity contribution in [3.8, 4) is 0 Å². The standard InChI is InChI=1S/C14H27NO5/c1-8-9-15(12(18)20-13(3,4)5)14(6,11(16)17)10(2)19-7/h10H,8-9H2,1-7H3,(H,16,17). The zero-order chi connectivity index (χ0) is 16.1. The van der Waals surface area contributed by atoms with Crippen LogP contribution in [0.3, 0.4) is 0 Å². The Morgan fingerprint density at radius 1 is 1.25 bits per heavy atom. The highest BCUT2D eigenvalue weighted by atomic mass is 16.6. The maximum Gasteiger partial charge on any atom is 0.411 e. The van der Waals surface area contributed by atoms with Crippen LogP contribution in [0.2, 0.25) is 0 Å². The number of carbonyl (C=O) groups is 2. The van der Waals surface area contributed by atoms with Crippen molar-refractivity contribution < 1.29 is 24.2 Å². The van der Waals surface area contributed by atoms with E-state index in [0.29, 0.717) is 6.42 Å². The van der Waals surface area contributed by atoms with Gasteiger partial charge in [-0.3, -0.25) is 4.90 Å². The number of rotatable bonds is 6. The molecule has 0 aromatic carbocycles. The molecule has 6 nitrogen and oxygen atoms in total. The summed E-state index contributed by atoms with van der Waals surface area (Å²) in [6, 6.07) is 0. The third kappa shape index (κ3) is 4.37. The van der Waals surface area contributed by atoms with E-state index in [2.05, 4.69) is 0 Å². The summed E-state index contributed by atoms with van der Waals surface area (Å²) in [6.45, 7) is 10.5. The van der Waals surface area contributed by atoms with E-state index >= 15 is 0 Å². The quantitative estimate of drug-likeness (QED) is 0.813.